The van der Waals surface area contributed by atoms with E-state index in [-0.39, 0.29) is 12.1 Å². The Bertz CT molecular complexity index is 336. The molecule has 0 fully saturated rings. The highest BCUT2D eigenvalue weighted by molar-refractivity contribution is 5.19. The Hall–Kier alpha value is -1.12. The Balaban J connectivity index is 2.44. The minimum Gasteiger partial charge on any atom is -0.372 e. The van der Waals surface area contributed by atoms with Crippen LogP contribution in [-0.4, -0.2) is 12.6 Å². The van der Waals surface area contributed by atoms with Crippen LogP contribution in [0.15, 0.2) is 43.0 Å². The van der Waals surface area contributed by atoms with E-state index in [2.05, 4.69) is 18.7 Å². The minimum atomic E-state index is 0.0191. The van der Waals surface area contributed by atoms with Crippen LogP contribution in [0.4, 0.5) is 0 Å². The number of rotatable bonds is 10. The number of allylic oxidation sites excluding steroid dienone is 1. The SMILES string of the molecule is C=CCCCCCC(N)C(OCC)c1ccccc1. The highest BCUT2D eigenvalue weighted by Gasteiger charge is 2.19. The lowest BCUT2D eigenvalue weighted by atomic mass is 9.97. The number of nitrogens with two attached hydrogens (primary N) is 1. The van der Waals surface area contributed by atoms with E-state index < -0.39 is 0 Å². The first-order valence-corrected chi connectivity index (χ1v) is 7.32. The summed E-state index contributed by atoms with van der Waals surface area (Å²) < 4.78 is 5.83. The van der Waals surface area contributed by atoms with Crippen molar-refractivity contribution in [2.75, 3.05) is 6.61 Å². The smallest absolute Gasteiger partial charge is 0.0975 e. The third-order valence-electron chi connectivity index (χ3n) is 3.31. The van der Waals surface area contributed by atoms with Gasteiger partial charge in [0.2, 0.25) is 0 Å². The first-order valence-electron chi connectivity index (χ1n) is 7.32. The zero-order chi connectivity index (χ0) is 13.9. The molecule has 19 heavy (non-hydrogen) atoms. The lowest BCUT2D eigenvalue weighted by Gasteiger charge is -2.24. The van der Waals surface area contributed by atoms with Gasteiger partial charge in [-0.05, 0) is 31.7 Å². The van der Waals surface area contributed by atoms with E-state index in [4.69, 9.17) is 10.5 Å². The lowest BCUT2D eigenvalue weighted by molar-refractivity contribution is 0.0406. The second-order valence-electron chi connectivity index (χ2n) is 4.88. The standard InChI is InChI=1S/C17H27NO/c1-3-5-6-7-11-14-16(18)17(19-4-2)15-12-9-8-10-13-15/h3,8-10,12-13,16-17H,1,4-7,11,14,18H2,2H3. The molecule has 0 bridgehead atoms. The summed E-state index contributed by atoms with van der Waals surface area (Å²) in [6.45, 7) is 6.46. The van der Waals surface area contributed by atoms with Crippen molar-refractivity contribution in [3.8, 4) is 0 Å². The third kappa shape index (κ3) is 6.04. The van der Waals surface area contributed by atoms with Crippen molar-refractivity contribution in [3.05, 3.63) is 48.6 Å². The fourth-order valence-electron chi connectivity index (χ4n) is 2.29. The van der Waals surface area contributed by atoms with Gasteiger partial charge in [-0.3, -0.25) is 0 Å². The summed E-state index contributed by atoms with van der Waals surface area (Å²) >= 11 is 0. The molecule has 2 heteroatoms. The number of hydrogen-bond acceptors (Lipinski definition) is 2. The first-order chi connectivity index (χ1) is 9.29. The summed E-state index contributed by atoms with van der Waals surface area (Å²) in [7, 11) is 0. The zero-order valence-electron chi connectivity index (χ0n) is 12.1. The van der Waals surface area contributed by atoms with Crippen molar-refractivity contribution >= 4 is 0 Å². The van der Waals surface area contributed by atoms with Gasteiger partial charge in [0.15, 0.2) is 0 Å². The summed E-state index contributed by atoms with van der Waals surface area (Å²) in [6.07, 6.45) is 7.69. The maximum Gasteiger partial charge on any atom is 0.0975 e. The molecule has 1 aromatic rings. The molecule has 2 unspecified atom stereocenters. The van der Waals surface area contributed by atoms with Crippen LogP contribution in [0.2, 0.25) is 0 Å². The molecule has 0 saturated heterocycles. The molecule has 1 aromatic carbocycles. The molecule has 2 N–H and O–H groups in total. The van der Waals surface area contributed by atoms with Crippen molar-refractivity contribution in [2.45, 2.75) is 51.2 Å². The van der Waals surface area contributed by atoms with E-state index in [1.807, 2.05) is 31.2 Å². The van der Waals surface area contributed by atoms with Crippen LogP contribution in [0.5, 0.6) is 0 Å². The summed E-state index contributed by atoms with van der Waals surface area (Å²) in [5, 5.41) is 0. The monoisotopic (exact) mass is 261 g/mol. The van der Waals surface area contributed by atoms with Gasteiger partial charge in [-0.15, -0.1) is 6.58 Å². The Morgan fingerprint density at radius 3 is 2.58 bits per heavy atom. The molecule has 0 heterocycles. The molecular formula is C17H27NO. The molecule has 2 nitrogen and oxygen atoms in total. The molecule has 0 amide bonds. The van der Waals surface area contributed by atoms with Gasteiger partial charge in [0.1, 0.15) is 0 Å². The van der Waals surface area contributed by atoms with Gasteiger partial charge in [-0.25, -0.2) is 0 Å². The van der Waals surface area contributed by atoms with E-state index in [0.29, 0.717) is 6.61 Å². The second-order valence-corrected chi connectivity index (χ2v) is 4.88. The number of benzene rings is 1. The van der Waals surface area contributed by atoms with Crippen LogP contribution in [0.3, 0.4) is 0 Å². The lowest BCUT2D eigenvalue weighted by Crippen LogP contribution is -2.30. The van der Waals surface area contributed by atoms with Crippen molar-refractivity contribution in [2.24, 2.45) is 5.73 Å². The van der Waals surface area contributed by atoms with Crippen LogP contribution in [0, 0.1) is 0 Å². The predicted octanol–water partition coefficient (Wildman–Crippen LogP) is 4.23. The molecule has 1 rings (SSSR count). The highest BCUT2D eigenvalue weighted by atomic mass is 16.5. The predicted molar refractivity (Wildman–Crippen MR) is 82.1 cm³/mol. The van der Waals surface area contributed by atoms with Crippen molar-refractivity contribution in [3.63, 3.8) is 0 Å². The van der Waals surface area contributed by atoms with E-state index in [9.17, 15) is 0 Å². The van der Waals surface area contributed by atoms with Crippen molar-refractivity contribution < 1.29 is 4.74 Å². The molecular weight excluding hydrogens is 234 g/mol. The number of ether oxygens (including phenoxy) is 1. The fraction of sp³-hybridized carbons (Fsp3) is 0.529. The summed E-state index contributed by atoms with van der Waals surface area (Å²) in [5.41, 5.74) is 7.49. The van der Waals surface area contributed by atoms with Gasteiger partial charge in [-0.1, -0.05) is 49.2 Å². The summed E-state index contributed by atoms with van der Waals surface area (Å²) in [6, 6.07) is 10.4. The van der Waals surface area contributed by atoms with Crippen LogP contribution < -0.4 is 5.73 Å². The average molecular weight is 261 g/mol. The molecule has 0 radical (unpaired) electrons. The first kappa shape index (κ1) is 15.9. The van der Waals surface area contributed by atoms with Gasteiger partial charge in [-0.2, -0.15) is 0 Å². The van der Waals surface area contributed by atoms with E-state index in [1.54, 1.807) is 0 Å². The second kappa shape index (κ2) is 9.76. The van der Waals surface area contributed by atoms with E-state index >= 15 is 0 Å². The molecule has 0 saturated carbocycles. The van der Waals surface area contributed by atoms with Gasteiger partial charge in [0, 0.05) is 12.6 Å². The van der Waals surface area contributed by atoms with E-state index in [0.717, 1.165) is 19.3 Å². The van der Waals surface area contributed by atoms with E-state index in [1.165, 1.54) is 18.4 Å². The van der Waals surface area contributed by atoms with Gasteiger partial charge < -0.3 is 10.5 Å². The molecule has 2 atom stereocenters. The van der Waals surface area contributed by atoms with Crippen LogP contribution in [0.25, 0.3) is 0 Å². The molecule has 0 aliphatic carbocycles. The van der Waals surface area contributed by atoms with Crippen molar-refractivity contribution in [1.29, 1.82) is 0 Å². The van der Waals surface area contributed by atoms with Crippen LogP contribution in [-0.2, 0) is 4.74 Å². The van der Waals surface area contributed by atoms with Gasteiger partial charge >= 0.3 is 0 Å². The van der Waals surface area contributed by atoms with Crippen molar-refractivity contribution in [1.82, 2.24) is 0 Å². The Kier molecular flexibility index (Phi) is 8.19. The normalized spacial score (nSPS) is 14.0. The minimum absolute atomic E-state index is 0.0191. The highest BCUT2D eigenvalue weighted by Crippen LogP contribution is 2.23. The van der Waals surface area contributed by atoms with Crippen LogP contribution in [0.1, 0.15) is 50.7 Å². The molecule has 0 aliphatic heterocycles. The molecule has 0 aromatic heterocycles. The topological polar surface area (TPSA) is 35.2 Å². The quantitative estimate of drug-likeness (QED) is 0.505. The molecule has 0 aliphatic rings. The Labute approximate surface area is 117 Å². The van der Waals surface area contributed by atoms with Gasteiger partial charge in [0.25, 0.3) is 0 Å². The Morgan fingerprint density at radius 1 is 1.21 bits per heavy atom. The summed E-state index contributed by atoms with van der Waals surface area (Å²) in [4.78, 5) is 0. The average Bonchev–Trinajstić information content (AvgIpc) is 2.45. The molecule has 0 spiro atoms. The largest absolute Gasteiger partial charge is 0.372 e. The zero-order valence-corrected chi connectivity index (χ0v) is 12.1. The van der Waals surface area contributed by atoms with Crippen LogP contribution >= 0.6 is 0 Å². The number of unbranched alkanes of at least 4 members (excludes halogenated alkanes) is 3. The van der Waals surface area contributed by atoms with Gasteiger partial charge in [0.05, 0.1) is 6.10 Å². The maximum atomic E-state index is 6.31. The Morgan fingerprint density at radius 2 is 1.95 bits per heavy atom. The fourth-order valence-corrected chi connectivity index (χ4v) is 2.29. The summed E-state index contributed by atoms with van der Waals surface area (Å²) in [5.74, 6) is 0. The molecule has 106 valence electrons. The third-order valence-corrected chi connectivity index (χ3v) is 3.31. The number of hydrogen-bond donors (Lipinski definition) is 1. The maximum absolute atomic E-state index is 6.31.